The van der Waals surface area contributed by atoms with E-state index < -0.39 is 59.9 Å². The fourth-order valence-corrected chi connectivity index (χ4v) is 11.5. The van der Waals surface area contributed by atoms with Gasteiger partial charge in [-0.05, 0) is 38.5 Å². The predicted molar refractivity (Wildman–Crippen MR) is 319 cm³/mol. The number of hydrogen-bond acceptors (Lipinski definition) is 10. The highest BCUT2D eigenvalue weighted by molar-refractivity contribution is 7.80. The van der Waals surface area contributed by atoms with Crippen molar-refractivity contribution in [1.29, 1.82) is 0 Å². The van der Waals surface area contributed by atoms with Gasteiger partial charge in [-0.25, -0.2) is 4.18 Å². The van der Waals surface area contributed by atoms with Crippen molar-refractivity contribution >= 4 is 16.3 Å². The van der Waals surface area contributed by atoms with Gasteiger partial charge >= 0.3 is 10.4 Å². The number of nitrogens with one attached hydrogen (secondary N) is 1. The molecule has 1 amide bonds. The van der Waals surface area contributed by atoms with Crippen molar-refractivity contribution in [3.63, 3.8) is 0 Å². The van der Waals surface area contributed by atoms with E-state index in [0.29, 0.717) is 12.8 Å². The Balaban J connectivity index is 2.28. The molecule has 7 unspecified atom stereocenters. The van der Waals surface area contributed by atoms with E-state index in [1.54, 1.807) is 0 Å². The first kappa shape index (κ1) is 73.9. The number of carbonyl (C=O) groups is 1. The summed E-state index contributed by atoms with van der Waals surface area (Å²) in [5, 5.41) is 45.3. The zero-order valence-corrected chi connectivity index (χ0v) is 50.9. The number of allylic oxidation sites excluding steroid dienone is 2. The monoisotopic (exact) mass is 1120 g/mol. The second-order valence-electron chi connectivity index (χ2n) is 23.4. The maximum atomic E-state index is 13.2. The molecule has 6 N–H and O–H groups in total. The first-order chi connectivity index (χ1) is 37.5. The molecule has 7 atom stereocenters. The SMILES string of the molecule is CCCCCCCCCCCCCC/C=C\CCCCCCCCCCCCC(=O)NC(COC1OC(CO)C(O)C(OS(=O)(=O)O)C1O)C(O)CCCCCCCCCCCCCCCCCCCCCCCCCC. The molecule has 0 bridgehead atoms. The number of unbranched alkanes of at least 4 members (excludes halogenated alkanes) is 45. The molecule has 0 saturated carbocycles. The molecule has 1 saturated heterocycles. The van der Waals surface area contributed by atoms with Gasteiger partial charge in [0, 0.05) is 6.42 Å². The van der Waals surface area contributed by atoms with Gasteiger partial charge in [-0.2, -0.15) is 8.42 Å². The van der Waals surface area contributed by atoms with Crippen LogP contribution in [0.2, 0.25) is 0 Å². The minimum Gasteiger partial charge on any atom is -0.394 e. The quantitative estimate of drug-likeness (QED) is 0.0193. The topological polar surface area (TPSA) is 192 Å². The van der Waals surface area contributed by atoms with Crippen molar-refractivity contribution in [2.75, 3.05) is 13.2 Å². The molecule has 0 aromatic carbocycles. The Morgan fingerprint density at radius 1 is 0.506 bits per heavy atom. The first-order valence-corrected chi connectivity index (χ1v) is 34.4. The van der Waals surface area contributed by atoms with Crippen LogP contribution in [0.25, 0.3) is 0 Å². The zero-order chi connectivity index (χ0) is 56.1. The van der Waals surface area contributed by atoms with Crippen molar-refractivity contribution in [2.45, 2.75) is 378 Å². The third-order valence-corrected chi connectivity index (χ3v) is 16.5. The van der Waals surface area contributed by atoms with E-state index in [4.69, 9.17) is 9.47 Å². The average molecular weight is 1120 g/mol. The van der Waals surface area contributed by atoms with Crippen molar-refractivity contribution in [2.24, 2.45) is 0 Å². The Kier molecular flexibility index (Phi) is 51.9. The second kappa shape index (κ2) is 54.1. The number of amides is 1. The second-order valence-corrected chi connectivity index (χ2v) is 24.5. The lowest BCUT2D eigenvalue weighted by Crippen LogP contribution is -2.61. The van der Waals surface area contributed by atoms with Crippen LogP contribution >= 0.6 is 0 Å². The molecule has 0 aromatic rings. The fourth-order valence-electron chi connectivity index (χ4n) is 11.0. The molecule has 1 fully saturated rings. The molecule has 77 heavy (non-hydrogen) atoms. The molecular formula is C64H125NO11S. The number of hydrogen-bond donors (Lipinski definition) is 6. The predicted octanol–water partition coefficient (Wildman–Crippen LogP) is 16.6. The highest BCUT2D eigenvalue weighted by Gasteiger charge is 2.48. The number of ether oxygens (including phenoxy) is 2. The summed E-state index contributed by atoms with van der Waals surface area (Å²) >= 11 is 0. The van der Waals surface area contributed by atoms with Crippen molar-refractivity contribution < 1.29 is 51.8 Å². The molecule has 1 aliphatic heterocycles. The molecule has 458 valence electrons. The summed E-state index contributed by atoms with van der Waals surface area (Å²) in [6.07, 6.45) is 58.0. The highest BCUT2D eigenvalue weighted by atomic mass is 32.3. The van der Waals surface area contributed by atoms with E-state index in [1.165, 1.54) is 257 Å². The average Bonchev–Trinajstić information content (AvgIpc) is 3.41. The Morgan fingerprint density at radius 2 is 0.831 bits per heavy atom. The van der Waals surface area contributed by atoms with Crippen LogP contribution in [0, 0.1) is 0 Å². The van der Waals surface area contributed by atoms with E-state index in [9.17, 15) is 38.2 Å². The minimum absolute atomic E-state index is 0.224. The van der Waals surface area contributed by atoms with E-state index in [-0.39, 0.29) is 12.5 Å². The molecule has 13 heteroatoms. The van der Waals surface area contributed by atoms with Gasteiger partial charge in [0.2, 0.25) is 5.91 Å². The van der Waals surface area contributed by atoms with E-state index in [1.807, 2.05) is 0 Å². The summed E-state index contributed by atoms with van der Waals surface area (Å²) in [5.41, 5.74) is 0. The van der Waals surface area contributed by atoms with Gasteiger partial charge in [-0.15, -0.1) is 0 Å². The molecule has 1 aliphatic rings. The summed E-state index contributed by atoms with van der Waals surface area (Å²) in [6.45, 7) is 3.52. The minimum atomic E-state index is -5.08. The lowest BCUT2D eigenvalue weighted by molar-refractivity contribution is -0.298. The van der Waals surface area contributed by atoms with Gasteiger partial charge < -0.3 is 35.2 Å². The van der Waals surface area contributed by atoms with Crippen LogP contribution in [0.1, 0.15) is 335 Å². The van der Waals surface area contributed by atoms with E-state index in [2.05, 4.69) is 35.5 Å². The van der Waals surface area contributed by atoms with Gasteiger partial charge in [0.15, 0.2) is 6.29 Å². The standard InChI is InChI=1S/C64H125NO11S/c1-3-5-7-9-11-13-15-17-19-21-23-25-27-29-30-32-34-36-38-40-42-44-46-48-50-52-54-60(68)65-57(56-74-64-62(70)63(76-77(71,72)73)61(69)59(55-66)75-64)58(67)53-51-49-47-45-43-41-39-37-35-33-31-28-26-24-22-20-18-16-14-12-10-8-6-4-2/h29-30,57-59,61-64,66-67,69-70H,3-28,31-56H2,1-2H3,(H,65,68)(H,71,72,73)/b30-29-. The molecule has 0 spiro atoms. The van der Waals surface area contributed by atoms with Gasteiger partial charge in [0.1, 0.15) is 24.4 Å². The highest BCUT2D eigenvalue weighted by Crippen LogP contribution is 2.26. The molecule has 0 aromatic heterocycles. The molecule has 12 nitrogen and oxygen atoms in total. The largest absolute Gasteiger partial charge is 0.397 e. The van der Waals surface area contributed by atoms with Crippen molar-refractivity contribution in [1.82, 2.24) is 5.32 Å². The molecule has 1 rings (SSSR count). The van der Waals surface area contributed by atoms with Gasteiger partial charge in [0.25, 0.3) is 0 Å². The normalized spacial score (nSPS) is 18.9. The summed E-state index contributed by atoms with van der Waals surface area (Å²) in [6, 6.07) is -0.858. The smallest absolute Gasteiger partial charge is 0.394 e. The Bertz CT molecular complexity index is 1400. The fraction of sp³-hybridized carbons (Fsp3) is 0.953. The third kappa shape index (κ3) is 46.1. The molecule has 0 radical (unpaired) electrons. The number of aliphatic hydroxyl groups is 4. The van der Waals surface area contributed by atoms with Crippen LogP contribution in [-0.4, -0.2) is 95.4 Å². The summed E-state index contributed by atoms with van der Waals surface area (Å²) in [5.74, 6) is -0.224. The van der Waals surface area contributed by atoms with Crippen LogP contribution in [-0.2, 0) is 28.9 Å². The molecule has 0 aliphatic carbocycles. The first-order valence-electron chi connectivity index (χ1n) is 33.1. The van der Waals surface area contributed by atoms with Crippen LogP contribution < -0.4 is 5.32 Å². The van der Waals surface area contributed by atoms with Gasteiger partial charge in [-0.3, -0.25) is 9.35 Å². The zero-order valence-electron chi connectivity index (χ0n) is 50.1. The molecule has 1 heterocycles. The number of aliphatic hydroxyl groups excluding tert-OH is 4. The summed E-state index contributed by atoms with van der Waals surface area (Å²) in [7, 11) is -5.08. The van der Waals surface area contributed by atoms with Crippen LogP contribution in [0.3, 0.4) is 0 Å². The Labute approximate surface area is 474 Å². The number of rotatable bonds is 59. The third-order valence-electron chi connectivity index (χ3n) is 16.1. The van der Waals surface area contributed by atoms with Crippen LogP contribution in [0.4, 0.5) is 0 Å². The number of carbonyl (C=O) groups excluding carboxylic acids is 1. The van der Waals surface area contributed by atoms with Crippen molar-refractivity contribution in [3.8, 4) is 0 Å². The Morgan fingerprint density at radius 3 is 1.17 bits per heavy atom. The van der Waals surface area contributed by atoms with E-state index in [0.717, 1.165) is 51.4 Å². The maximum absolute atomic E-state index is 13.2. The van der Waals surface area contributed by atoms with Crippen molar-refractivity contribution in [3.05, 3.63) is 12.2 Å². The molecular weight excluding hydrogens is 991 g/mol. The summed E-state index contributed by atoms with van der Waals surface area (Å²) in [4.78, 5) is 13.2. The maximum Gasteiger partial charge on any atom is 0.397 e. The van der Waals surface area contributed by atoms with Crippen LogP contribution in [0.15, 0.2) is 12.2 Å². The van der Waals surface area contributed by atoms with Gasteiger partial charge in [0.05, 0.1) is 25.4 Å². The lowest BCUT2D eigenvalue weighted by atomic mass is 9.99. The van der Waals surface area contributed by atoms with Gasteiger partial charge in [-0.1, -0.05) is 302 Å². The lowest BCUT2D eigenvalue weighted by Gasteiger charge is -2.41. The van der Waals surface area contributed by atoms with Crippen LogP contribution in [0.5, 0.6) is 0 Å². The Hall–Kier alpha value is -1.16. The van der Waals surface area contributed by atoms with E-state index >= 15 is 0 Å². The summed E-state index contributed by atoms with van der Waals surface area (Å²) < 4.78 is 48.1.